The van der Waals surface area contributed by atoms with Crippen LogP contribution in [-0.2, 0) is 24.3 Å². The molecule has 0 aromatic heterocycles. The van der Waals surface area contributed by atoms with Gasteiger partial charge >= 0.3 is 5.97 Å². The molecular weight excluding hydrogens is 387 g/mol. The number of carbonyl (C=O) groups excluding carboxylic acids is 2. The molecule has 0 fully saturated rings. The highest BCUT2D eigenvalue weighted by atomic mass is 32.2. The molecule has 0 aliphatic carbocycles. The maximum atomic E-state index is 13.1. The van der Waals surface area contributed by atoms with Gasteiger partial charge in [-0.25, -0.2) is 12.8 Å². The van der Waals surface area contributed by atoms with Crippen molar-refractivity contribution in [3.8, 4) is 0 Å². The van der Waals surface area contributed by atoms with Gasteiger partial charge in [0.1, 0.15) is 12.4 Å². The molecule has 0 bridgehead atoms. The number of nitrogens with one attached hydrogen (secondary N) is 2. The van der Waals surface area contributed by atoms with Crippen LogP contribution in [0, 0.1) is 19.7 Å². The van der Waals surface area contributed by atoms with E-state index in [9.17, 15) is 22.4 Å². The number of hydrogen-bond acceptors (Lipinski definition) is 5. The van der Waals surface area contributed by atoms with Gasteiger partial charge in [-0.3, -0.25) is 9.59 Å². The lowest BCUT2D eigenvalue weighted by atomic mass is 10.1. The van der Waals surface area contributed by atoms with Crippen molar-refractivity contribution in [2.75, 3.05) is 11.9 Å². The molecule has 0 aliphatic heterocycles. The van der Waals surface area contributed by atoms with Gasteiger partial charge in [0.25, 0.3) is 5.91 Å². The summed E-state index contributed by atoms with van der Waals surface area (Å²) in [4.78, 5) is 23.9. The highest BCUT2D eigenvalue weighted by Gasteiger charge is 2.21. The van der Waals surface area contributed by atoms with Crippen LogP contribution in [0.1, 0.15) is 18.1 Å². The van der Waals surface area contributed by atoms with Gasteiger partial charge in [0.05, 0.1) is 4.90 Å². The minimum absolute atomic E-state index is 0.0281. The van der Waals surface area contributed by atoms with E-state index in [1.807, 2.05) is 6.92 Å². The van der Waals surface area contributed by atoms with Crippen molar-refractivity contribution >= 4 is 27.6 Å². The summed E-state index contributed by atoms with van der Waals surface area (Å²) < 4.78 is 44.7. The second-order valence-corrected chi connectivity index (χ2v) is 7.97. The van der Waals surface area contributed by atoms with Gasteiger partial charge in [0.2, 0.25) is 10.0 Å². The van der Waals surface area contributed by atoms with Crippen LogP contribution in [-0.4, -0.2) is 32.9 Å². The maximum absolute atomic E-state index is 13.1. The molecule has 1 unspecified atom stereocenters. The smallest absolute Gasteiger partial charge is 0.321 e. The highest BCUT2D eigenvalue weighted by molar-refractivity contribution is 7.89. The summed E-state index contributed by atoms with van der Waals surface area (Å²) in [6.07, 6.45) is -1.19. The lowest BCUT2D eigenvalue weighted by Crippen LogP contribution is -2.35. The molecule has 1 atom stereocenters. The van der Waals surface area contributed by atoms with Crippen molar-refractivity contribution in [2.24, 2.45) is 0 Å². The molecule has 0 saturated heterocycles. The van der Waals surface area contributed by atoms with Crippen molar-refractivity contribution in [3.05, 3.63) is 59.4 Å². The molecule has 0 radical (unpaired) electrons. The zero-order valence-corrected chi connectivity index (χ0v) is 16.5. The Morgan fingerprint density at radius 2 is 1.82 bits per heavy atom. The molecular formula is C19H21FN2O5S. The van der Waals surface area contributed by atoms with E-state index < -0.39 is 40.4 Å². The van der Waals surface area contributed by atoms with Crippen LogP contribution in [0.5, 0.6) is 0 Å². The molecule has 2 N–H and O–H groups in total. The number of rotatable bonds is 7. The predicted molar refractivity (Wildman–Crippen MR) is 102 cm³/mol. The van der Waals surface area contributed by atoms with Gasteiger partial charge in [-0.15, -0.1) is 0 Å². The van der Waals surface area contributed by atoms with Crippen molar-refractivity contribution in [1.29, 1.82) is 0 Å². The van der Waals surface area contributed by atoms with E-state index in [1.54, 1.807) is 13.0 Å². The van der Waals surface area contributed by atoms with E-state index in [0.29, 0.717) is 0 Å². The van der Waals surface area contributed by atoms with E-state index in [4.69, 9.17) is 4.74 Å². The summed E-state index contributed by atoms with van der Waals surface area (Å²) >= 11 is 0. The zero-order valence-electron chi connectivity index (χ0n) is 15.7. The second kappa shape index (κ2) is 8.94. The summed E-state index contributed by atoms with van der Waals surface area (Å²) in [5.41, 5.74) is 1.95. The normalized spacial score (nSPS) is 12.3. The number of ether oxygens (including phenoxy) is 1. The van der Waals surface area contributed by atoms with E-state index in [1.165, 1.54) is 37.3 Å². The monoisotopic (exact) mass is 408 g/mol. The Bertz CT molecular complexity index is 992. The molecule has 2 aromatic rings. The standard InChI is InChI=1S/C19H21FN2O5S/c1-12-7-8-17(9-13(12)2)28(25,26)21-11-18(23)27-14(3)19(24)22-16-6-4-5-15(20)10-16/h4-10,14,21H,11H2,1-3H3,(H,22,24). The first kappa shape index (κ1) is 21.5. The summed E-state index contributed by atoms with van der Waals surface area (Å²) in [6, 6.07) is 9.84. The first-order valence-corrected chi connectivity index (χ1v) is 9.89. The summed E-state index contributed by atoms with van der Waals surface area (Å²) in [5, 5.41) is 2.40. The van der Waals surface area contributed by atoms with Gasteiger partial charge in [-0.1, -0.05) is 12.1 Å². The number of esters is 1. The summed E-state index contributed by atoms with van der Waals surface area (Å²) in [5.74, 6) is -2.12. The van der Waals surface area contributed by atoms with Crippen LogP contribution in [0.4, 0.5) is 10.1 Å². The topological polar surface area (TPSA) is 102 Å². The zero-order chi connectivity index (χ0) is 20.9. The number of aryl methyl sites for hydroxylation is 2. The number of halogens is 1. The minimum atomic E-state index is -3.90. The Morgan fingerprint density at radius 3 is 2.46 bits per heavy atom. The Kier molecular flexibility index (Phi) is 6.87. The Balaban J connectivity index is 1.90. The molecule has 2 aromatic carbocycles. The highest BCUT2D eigenvalue weighted by Crippen LogP contribution is 2.14. The average molecular weight is 408 g/mol. The fourth-order valence-corrected chi connectivity index (χ4v) is 3.27. The number of carbonyl (C=O) groups is 2. The van der Waals surface area contributed by atoms with Crippen LogP contribution in [0.15, 0.2) is 47.4 Å². The molecule has 150 valence electrons. The largest absolute Gasteiger partial charge is 0.452 e. The number of benzene rings is 2. The third-order valence-electron chi connectivity index (χ3n) is 3.96. The Labute approximate surface area is 163 Å². The first-order valence-electron chi connectivity index (χ1n) is 8.41. The Morgan fingerprint density at radius 1 is 1.11 bits per heavy atom. The number of anilines is 1. The third kappa shape index (κ3) is 5.86. The van der Waals surface area contributed by atoms with E-state index in [0.717, 1.165) is 17.2 Å². The van der Waals surface area contributed by atoms with Gasteiger partial charge in [-0.2, -0.15) is 4.72 Å². The fraction of sp³-hybridized carbons (Fsp3) is 0.263. The maximum Gasteiger partial charge on any atom is 0.321 e. The Hall–Kier alpha value is -2.78. The molecule has 28 heavy (non-hydrogen) atoms. The van der Waals surface area contributed by atoms with Crippen LogP contribution in [0.3, 0.4) is 0 Å². The molecule has 0 aliphatic rings. The lowest BCUT2D eigenvalue weighted by molar-refractivity contribution is -0.151. The molecule has 2 rings (SSSR count). The molecule has 7 nitrogen and oxygen atoms in total. The molecule has 9 heteroatoms. The van der Waals surface area contributed by atoms with Crippen LogP contribution in [0.2, 0.25) is 0 Å². The quantitative estimate of drug-likeness (QED) is 0.685. The van der Waals surface area contributed by atoms with E-state index in [-0.39, 0.29) is 10.6 Å². The van der Waals surface area contributed by atoms with Crippen molar-refractivity contribution in [3.63, 3.8) is 0 Å². The SMILES string of the molecule is Cc1ccc(S(=O)(=O)NCC(=O)OC(C)C(=O)Nc2cccc(F)c2)cc1C. The van der Waals surface area contributed by atoms with Crippen LogP contribution in [0.25, 0.3) is 0 Å². The summed E-state index contributed by atoms with van der Waals surface area (Å²) in [7, 11) is -3.90. The lowest BCUT2D eigenvalue weighted by Gasteiger charge is -2.14. The molecule has 0 heterocycles. The van der Waals surface area contributed by atoms with Crippen molar-refractivity contribution < 1.29 is 27.1 Å². The third-order valence-corrected chi connectivity index (χ3v) is 5.36. The molecule has 0 spiro atoms. The van der Waals surface area contributed by atoms with Gasteiger partial charge in [0.15, 0.2) is 6.10 Å². The molecule has 1 amide bonds. The predicted octanol–water partition coefficient (Wildman–Crippen LogP) is 2.29. The van der Waals surface area contributed by atoms with Crippen molar-refractivity contribution in [2.45, 2.75) is 31.8 Å². The van der Waals surface area contributed by atoms with Crippen molar-refractivity contribution in [1.82, 2.24) is 4.72 Å². The minimum Gasteiger partial charge on any atom is -0.452 e. The van der Waals surface area contributed by atoms with Crippen LogP contribution < -0.4 is 10.0 Å². The van der Waals surface area contributed by atoms with E-state index in [2.05, 4.69) is 10.0 Å². The summed E-state index contributed by atoms with van der Waals surface area (Å²) in [6.45, 7) is 4.32. The average Bonchev–Trinajstić information content (AvgIpc) is 2.62. The number of amides is 1. The van der Waals surface area contributed by atoms with E-state index >= 15 is 0 Å². The number of sulfonamides is 1. The first-order chi connectivity index (χ1) is 13.1. The molecule has 0 saturated carbocycles. The second-order valence-electron chi connectivity index (χ2n) is 6.20. The van der Waals surface area contributed by atoms with Crippen LogP contribution >= 0.6 is 0 Å². The van der Waals surface area contributed by atoms with Gasteiger partial charge in [0, 0.05) is 5.69 Å². The van der Waals surface area contributed by atoms with Gasteiger partial charge in [-0.05, 0) is 62.2 Å². The van der Waals surface area contributed by atoms with Gasteiger partial charge < -0.3 is 10.1 Å². The number of hydrogen-bond donors (Lipinski definition) is 2. The fourth-order valence-electron chi connectivity index (χ4n) is 2.22.